The maximum atomic E-state index is 13.3. The van der Waals surface area contributed by atoms with E-state index >= 15 is 0 Å². The summed E-state index contributed by atoms with van der Waals surface area (Å²) < 4.78 is 96.3. The average Bonchev–Trinajstić information content (AvgIpc) is 3.23. The number of sulfonamides is 1. The number of amidine groups is 1. The summed E-state index contributed by atoms with van der Waals surface area (Å²) in [4.78, 5) is 31.4. The highest BCUT2D eigenvalue weighted by Crippen LogP contribution is 2.39. The summed E-state index contributed by atoms with van der Waals surface area (Å²) in [5.74, 6) is -4.58. The van der Waals surface area contributed by atoms with E-state index in [4.69, 9.17) is 4.74 Å². The second-order valence-corrected chi connectivity index (χ2v) is 15.7. The number of aryl methyl sites for hydroxylation is 2. The van der Waals surface area contributed by atoms with Crippen molar-refractivity contribution in [2.45, 2.75) is 122 Å². The van der Waals surface area contributed by atoms with Crippen LogP contribution in [0.15, 0.2) is 17.1 Å². The fourth-order valence-corrected chi connectivity index (χ4v) is 7.30. The van der Waals surface area contributed by atoms with E-state index < -0.39 is 45.8 Å². The molecule has 1 spiro atoms. The molecule has 1 aromatic carbocycles. The van der Waals surface area contributed by atoms with Crippen LogP contribution in [-0.4, -0.2) is 79.7 Å². The lowest BCUT2D eigenvalue weighted by Crippen LogP contribution is -2.50. The average molecular weight is 695 g/mol. The van der Waals surface area contributed by atoms with Crippen LogP contribution in [0.2, 0.25) is 0 Å². The first-order valence-electron chi connectivity index (χ1n) is 16.0. The minimum absolute atomic E-state index is 0.114. The van der Waals surface area contributed by atoms with Crippen LogP contribution in [-0.2, 0) is 26.0 Å². The zero-order valence-corrected chi connectivity index (χ0v) is 28.8. The number of amides is 2. The van der Waals surface area contributed by atoms with E-state index in [0.717, 1.165) is 16.7 Å². The van der Waals surface area contributed by atoms with Crippen molar-refractivity contribution in [1.82, 2.24) is 9.62 Å². The molecule has 1 aromatic rings. The standard InChI is InChI=1S/C32H47F5N4O5S/c1-22-20-24(40(6)28(43)46-29(3,4)5)21-23(2)25(22)13-19-47(44,45)41-17-15-30(16-18-41)27(42)38-26(39-30)12-10-8-7-9-11-14-31(33,34)32(35,36)37/h20-21H,7-19H2,1-6H3,(H,38,39,42). The number of benzene rings is 1. The number of hydrogen-bond acceptors (Lipinski definition) is 6. The predicted octanol–water partition coefficient (Wildman–Crippen LogP) is 6.84. The Balaban J connectivity index is 1.48. The Morgan fingerprint density at radius 3 is 2.09 bits per heavy atom. The number of aliphatic imine (C=N–C) groups is 1. The third kappa shape index (κ3) is 10.1. The lowest BCUT2D eigenvalue weighted by molar-refractivity contribution is -0.284. The molecule has 0 aromatic heterocycles. The van der Waals surface area contributed by atoms with Crippen LogP contribution in [0.1, 0.15) is 95.2 Å². The van der Waals surface area contributed by atoms with Gasteiger partial charge in [0.15, 0.2) is 0 Å². The molecule has 15 heteroatoms. The van der Waals surface area contributed by atoms with Crippen LogP contribution >= 0.6 is 0 Å². The first kappa shape index (κ1) is 38.6. The van der Waals surface area contributed by atoms with Crippen LogP contribution in [0.3, 0.4) is 0 Å². The van der Waals surface area contributed by atoms with E-state index in [2.05, 4.69) is 10.3 Å². The Hall–Kier alpha value is -2.81. The number of nitrogens with one attached hydrogen (secondary N) is 1. The van der Waals surface area contributed by atoms with Gasteiger partial charge in [0.25, 0.3) is 5.91 Å². The van der Waals surface area contributed by atoms with Gasteiger partial charge >= 0.3 is 18.2 Å². The van der Waals surface area contributed by atoms with Gasteiger partial charge < -0.3 is 10.1 Å². The van der Waals surface area contributed by atoms with Crippen LogP contribution in [0.4, 0.5) is 32.4 Å². The molecule has 1 N–H and O–H groups in total. The van der Waals surface area contributed by atoms with Gasteiger partial charge in [-0.25, -0.2) is 17.5 Å². The van der Waals surface area contributed by atoms with E-state index in [1.807, 2.05) is 26.0 Å². The molecule has 266 valence electrons. The number of nitrogens with zero attached hydrogens (tertiary/aromatic N) is 3. The highest BCUT2D eigenvalue weighted by atomic mass is 32.2. The first-order valence-corrected chi connectivity index (χ1v) is 17.6. The summed E-state index contributed by atoms with van der Waals surface area (Å²) in [7, 11) is -2.01. The molecule has 0 atom stereocenters. The van der Waals surface area contributed by atoms with Gasteiger partial charge in [-0.3, -0.25) is 14.7 Å². The van der Waals surface area contributed by atoms with Crippen LogP contribution in [0.5, 0.6) is 0 Å². The zero-order valence-electron chi connectivity index (χ0n) is 28.0. The van der Waals surface area contributed by atoms with E-state index in [1.165, 1.54) is 9.21 Å². The topological polar surface area (TPSA) is 108 Å². The number of ether oxygens (including phenoxy) is 1. The second kappa shape index (κ2) is 14.8. The number of carbonyl (C=O) groups is 2. The fraction of sp³-hybridized carbons (Fsp3) is 0.719. The maximum Gasteiger partial charge on any atom is 0.453 e. The van der Waals surface area contributed by atoms with Gasteiger partial charge in [-0.05, 0) is 95.5 Å². The Morgan fingerprint density at radius 2 is 1.53 bits per heavy atom. The normalized spacial score (nSPS) is 17.5. The van der Waals surface area contributed by atoms with Gasteiger partial charge in [-0.2, -0.15) is 22.0 Å². The van der Waals surface area contributed by atoms with Crippen LogP contribution < -0.4 is 10.2 Å². The van der Waals surface area contributed by atoms with Crippen LogP contribution in [0.25, 0.3) is 0 Å². The monoisotopic (exact) mass is 694 g/mol. The van der Waals surface area contributed by atoms with Crippen molar-refractivity contribution in [2.75, 3.05) is 30.8 Å². The molecule has 2 aliphatic heterocycles. The molecule has 0 unspecified atom stereocenters. The molecule has 0 bridgehead atoms. The molecule has 47 heavy (non-hydrogen) atoms. The number of hydrogen-bond donors (Lipinski definition) is 1. The van der Waals surface area contributed by atoms with Gasteiger partial charge in [0, 0.05) is 38.7 Å². The van der Waals surface area contributed by atoms with Crippen LogP contribution in [0, 0.1) is 13.8 Å². The molecule has 1 fully saturated rings. The predicted molar refractivity (Wildman–Crippen MR) is 170 cm³/mol. The van der Waals surface area contributed by atoms with E-state index in [1.54, 1.807) is 27.8 Å². The SMILES string of the molecule is Cc1cc(N(C)C(=O)OC(C)(C)C)cc(C)c1CCS(=O)(=O)N1CCC2(CC1)N=C(CCCCCCCC(F)(F)C(F)(F)F)NC2=O. The molecule has 3 rings (SSSR count). The molecule has 0 aliphatic carbocycles. The molecule has 9 nitrogen and oxygen atoms in total. The highest BCUT2D eigenvalue weighted by Gasteiger charge is 2.56. The lowest BCUT2D eigenvalue weighted by Gasteiger charge is -2.34. The van der Waals surface area contributed by atoms with Crippen molar-refractivity contribution in [2.24, 2.45) is 4.99 Å². The molecule has 0 radical (unpaired) electrons. The Morgan fingerprint density at radius 1 is 0.979 bits per heavy atom. The molecule has 0 saturated carbocycles. The molecule has 2 aliphatic rings. The number of unbranched alkanes of at least 4 members (excludes halogenated alkanes) is 4. The van der Waals surface area contributed by atoms with Gasteiger partial charge in [-0.15, -0.1) is 0 Å². The summed E-state index contributed by atoms with van der Waals surface area (Å²) in [6.45, 7) is 9.40. The number of carbonyl (C=O) groups excluding carboxylic acids is 2. The molecule has 1 saturated heterocycles. The third-order valence-electron chi connectivity index (χ3n) is 8.64. The van der Waals surface area contributed by atoms with Crippen molar-refractivity contribution in [3.8, 4) is 0 Å². The number of rotatable bonds is 13. The second-order valence-electron chi connectivity index (χ2n) is 13.6. The van der Waals surface area contributed by atoms with Crippen molar-refractivity contribution in [3.05, 3.63) is 28.8 Å². The minimum atomic E-state index is -5.53. The number of alkyl halides is 5. The molecular weight excluding hydrogens is 647 g/mol. The zero-order chi connectivity index (χ0) is 35.4. The summed E-state index contributed by atoms with van der Waals surface area (Å²) >= 11 is 0. The highest BCUT2D eigenvalue weighted by molar-refractivity contribution is 7.89. The fourth-order valence-electron chi connectivity index (χ4n) is 5.84. The van der Waals surface area contributed by atoms with Crippen molar-refractivity contribution >= 4 is 33.5 Å². The summed E-state index contributed by atoms with van der Waals surface area (Å²) in [6.07, 6.45) is -4.39. The molecule has 2 heterocycles. The first-order chi connectivity index (χ1) is 21.6. The van der Waals surface area contributed by atoms with Crippen molar-refractivity contribution < 1.29 is 44.7 Å². The van der Waals surface area contributed by atoms with Crippen molar-refractivity contribution in [3.63, 3.8) is 0 Å². The Bertz CT molecular complexity index is 1410. The minimum Gasteiger partial charge on any atom is -0.443 e. The number of halogens is 5. The van der Waals surface area contributed by atoms with Crippen molar-refractivity contribution in [1.29, 1.82) is 0 Å². The van der Waals surface area contributed by atoms with Gasteiger partial charge in [0.1, 0.15) is 17.0 Å². The van der Waals surface area contributed by atoms with Gasteiger partial charge in [0.2, 0.25) is 10.0 Å². The maximum absolute atomic E-state index is 13.3. The smallest absolute Gasteiger partial charge is 0.443 e. The van der Waals surface area contributed by atoms with E-state index in [9.17, 15) is 40.0 Å². The molecular formula is C32H47F5N4O5S. The van der Waals surface area contributed by atoms with E-state index in [-0.39, 0.29) is 56.9 Å². The lowest BCUT2D eigenvalue weighted by atomic mass is 9.89. The summed E-state index contributed by atoms with van der Waals surface area (Å²) in [5.41, 5.74) is 1.56. The Labute approximate surface area is 274 Å². The molecule has 2 amide bonds. The Kier molecular flexibility index (Phi) is 12.1. The van der Waals surface area contributed by atoms with E-state index in [0.29, 0.717) is 37.2 Å². The van der Waals surface area contributed by atoms with Gasteiger partial charge in [-0.1, -0.05) is 19.3 Å². The largest absolute Gasteiger partial charge is 0.453 e. The number of piperidine rings is 1. The summed E-state index contributed by atoms with van der Waals surface area (Å²) in [5, 5.41) is 2.78. The number of anilines is 1. The summed E-state index contributed by atoms with van der Waals surface area (Å²) in [6, 6.07) is 3.66. The van der Waals surface area contributed by atoms with Gasteiger partial charge in [0.05, 0.1) is 5.75 Å². The third-order valence-corrected chi connectivity index (χ3v) is 10.5. The quantitative estimate of drug-likeness (QED) is 0.180.